The molecule has 1 saturated heterocycles. The van der Waals surface area contributed by atoms with Gasteiger partial charge in [-0.3, -0.25) is 0 Å². The highest BCUT2D eigenvalue weighted by molar-refractivity contribution is 6.16. The van der Waals surface area contributed by atoms with Crippen LogP contribution in [-0.4, -0.2) is 35.3 Å². The van der Waals surface area contributed by atoms with Crippen molar-refractivity contribution in [1.82, 2.24) is 9.55 Å². The summed E-state index contributed by atoms with van der Waals surface area (Å²) >= 11 is 6.00. The zero-order valence-electron chi connectivity index (χ0n) is 11.8. The summed E-state index contributed by atoms with van der Waals surface area (Å²) in [6.45, 7) is 1.57. The van der Waals surface area contributed by atoms with Crippen LogP contribution in [0.15, 0.2) is 18.2 Å². The molecule has 1 aliphatic heterocycles. The first-order chi connectivity index (χ1) is 10.2. The minimum absolute atomic E-state index is 0.213. The maximum atomic E-state index is 11.6. The third-order valence-electron chi connectivity index (χ3n) is 3.78. The van der Waals surface area contributed by atoms with Gasteiger partial charge in [-0.25, -0.2) is 9.78 Å². The molecule has 1 atom stereocenters. The number of hydrogen-bond acceptors (Lipinski definition) is 4. The summed E-state index contributed by atoms with van der Waals surface area (Å²) in [5.74, 6) is 0.761. The fraction of sp³-hybridized carbons (Fsp3) is 0.467. The number of ether oxygens (including phenoxy) is 2. The van der Waals surface area contributed by atoms with Crippen LogP contribution in [0.2, 0.25) is 0 Å². The molecule has 3 rings (SSSR count). The fourth-order valence-corrected chi connectivity index (χ4v) is 2.93. The lowest BCUT2D eigenvalue weighted by Gasteiger charge is -2.13. The van der Waals surface area contributed by atoms with Crippen LogP contribution in [0, 0.1) is 0 Å². The topological polar surface area (TPSA) is 53.3 Å². The molecule has 0 bridgehead atoms. The quantitative estimate of drug-likeness (QED) is 0.644. The lowest BCUT2D eigenvalue weighted by molar-refractivity contribution is 0.0601. The first kappa shape index (κ1) is 14.4. The number of imidazole rings is 1. The van der Waals surface area contributed by atoms with Crippen LogP contribution in [0.1, 0.15) is 29.0 Å². The maximum absolute atomic E-state index is 11.6. The molecule has 1 fully saturated rings. The van der Waals surface area contributed by atoms with Crippen molar-refractivity contribution >= 4 is 28.6 Å². The van der Waals surface area contributed by atoms with Crippen LogP contribution in [-0.2, 0) is 21.9 Å². The molecule has 0 saturated carbocycles. The van der Waals surface area contributed by atoms with Crippen molar-refractivity contribution in [1.29, 1.82) is 0 Å². The van der Waals surface area contributed by atoms with Crippen molar-refractivity contribution in [2.45, 2.75) is 31.4 Å². The minimum atomic E-state index is -0.363. The predicted octanol–water partition coefficient (Wildman–Crippen LogP) is 2.74. The molecule has 2 aromatic rings. The van der Waals surface area contributed by atoms with Gasteiger partial charge in [-0.1, -0.05) is 0 Å². The lowest BCUT2D eigenvalue weighted by Crippen LogP contribution is -2.16. The van der Waals surface area contributed by atoms with Gasteiger partial charge in [0.15, 0.2) is 0 Å². The normalized spacial score (nSPS) is 18.3. The number of benzene rings is 1. The number of fused-ring (bicyclic) bond motifs is 1. The van der Waals surface area contributed by atoms with Gasteiger partial charge in [0.25, 0.3) is 0 Å². The Bertz CT molecular complexity index is 662. The van der Waals surface area contributed by atoms with E-state index in [1.54, 1.807) is 12.1 Å². The highest BCUT2D eigenvalue weighted by Crippen LogP contribution is 2.23. The molecule has 0 aliphatic carbocycles. The van der Waals surface area contributed by atoms with Crippen molar-refractivity contribution in [2.24, 2.45) is 0 Å². The van der Waals surface area contributed by atoms with E-state index in [4.69, 9.17) is 21.1 Å². The zero-order valence-corrected chi connectivity index (χ0v) is 12.6. The van der Waals surface area contributed by atoms with Crippen LogP contribution >= 0.6 is 11.6 Å². The number of esters is 1. The van der Waals surface area contributed by atoms with Gasteiger partial charge >= 0.3 is 5.97 Å². The third-order valence-corrected chi connectivity index (χ3v) is 4.02. The fourth-order valence-electron chi connectivity index (χ4n) is 2.72. The van der Waals surface area contributed by atoms with Crippen LogP contribution in [0.3, 0.4) is 0 Å². The summed E-state index contributed by atoms with van der Waals surface area (Å²) < 4.78 is 12.5. The molecular formula is C15H17ClN2O3. The van der Waals surface area contributed by atoms with E-state index in [2.05, 4.69) is 9.55 Å². The van der Waals surface area contributed by atoms with E-state index in [1.807, 2.05) is 6.07 Å². The number of nitrogens with zero attached hydrogens (tertiary/aromatic N) is 2. The average Bonchev–Trinajstić information content (AvgIpc) is 3.14. The Morgan fingerprint density at radius 1 is 1.57 bits per heavy atom. The van der Waals surface area contributed by atoms with Crippen molar-refractivity contribution < 1.29 is 14.3 Å². The zero-order chi connectivity index (χ0) is 14.8. The molecule has 5 nitrogen and oxygen atoms in total. The number of rotatable bonds is 4. The molecular weight excluding hydrogens is 292 g/mol. The second kappa shape index (κ2) is 6.03. The van der Waals surface area contributed by atoms with Crippen LogP contribution in [0.25, 0.3) is 11.0 Å². The van der Waals surface area contributed by atoms with E-state index >= 15 is 0 Å². The van der Waals surface area contributed by atoms with Crippen molar-refractivity contribution in [3.63, 3.8) is 0 Å². The molecule has 0 N–H and O–H groups in total. The minimum Gasteiger partial charge on any atom is -0.465 e. The Morgan fingerprint density at radius 2 is 2.43 bits per heavy atom. The standard InChI is InChI=1S/C15H17ClN2O3/c1-20-15(19)10-4-5-13-12(7-10)17-14(8-16)18(13)9-11-3-2-6-21-11/h4-5,7,11H,2-3,6,8-9H2,1H3/t11-/m0/s1. The largest absolute Gasteiger partial charge is 0.465 e. The van der Waals surface area contributed by atoms with E-state index in [-0.39, 0.29) is 12.1 Å². The van der Waals surface area contributed by atoms with Gasteiger partial charge in [-0.15, -0.1) is 11.6 Å². The van der Waals surface area contributed by atoms with Crippen molar-refractivity contribution in [3.8, 4) is 0 Å². The number of alkyl halides is 1. The second-order valence-corrected chi connectivity index (χ2v) is 5.37. The highest BCUT2D eigenvalue weighted by Gasteiger charge is 2.20. The molecule has 1 aromatic carbocycles. The number of carbonyl (C=O) groups excluding carboxylic acids is 1. The molecule has 1 aromatic heterocycles. The monoisotopic (exact) mass is 308 g/mol. The lowest BCUT2D eigenvalue weighted by atomic mass is 10.2. The van der Waals surface area contributed by atoms with Gasteiger partial charge in [-0.2, -0.15) is 0 Å². The Hall–Kier alpha value is -1.59. The molecule has 2 heterocycles. The van der Waals surface area contributed by atoms with E-state index in [0.717, 1.165) is 42.9 Å². The molecule has 0 amide bonds. The van der Waals surface area contributed by atoms with Gasteiger partial charge in [0, 0.05) is 6.61 Å². The Kier molecular flexibility index (Phi) is 4.12. The van der Waals surface area contributed by atoms with Crippen molar-refractivity contribution in [3.05, 3.63) is 29.6 Å². The summed E-state index contributed by atoms with van der Waals surface area (Å²) in [5, 5.41) is 0. The summed E-state index contributed by atoms with van der Waals surface area (Å²) in [5.41, 5.74) is 2.22. The average molecular weight is 309 g/mol. The maximum Gasteiger partial charge on any atom is 0.337 e. The molecule has 112 valence electrons. The summed E-state index contributed by atoms with van der Waals surface area (Å²) in [4.78, 5) is 16.1. The molecule has 1 aliphatic rings. The Balaban J connectivity index is 1.99. The van der Waals surface area contributed by atoms with Crippen LogP contribution < -0.4 is 0 Å². The van der Waals surface area contributed by atoms with Gasteiger partial charge in [0.2, 0.25) is 0 Å². The van der Waals surface area contributed by atoms with Crippen molar-refractivity contribution in [2.75, 3.05) is 13.7 Å². The summed E-state index contributed by atoms with van der Waals surface area (Å²) in [6, 6.07) is 5.38. The number of carbonyl (C=O) groups is 1. The number of aromatic nitrogens is 2. The summed E-state index contributed by atoms with van der Waals surface area (Å²) in [6.07, 6.45) is 2.37. The number of halogens is 1. The van der Waals surface area contributed by atoms with Crippen LogP contribution in [0.4, 0.5) is 0 Å². The van der Waals surface area contributed by atoms with E-state index in [9.17, 15) is 4.79 Å². The number of hydrogen-bond donors (Lipinski definition) is 0. The molecule has 21 heavy (non-hydrogen) atoms. The van der Waals surface area contributed by atoms with Gasteiger partial charge < -0.3 is 14.0 Å². The first-order valence-corrected chi connectivity index (χ1v) is 7.51. The van der Waals surface area contributed by atoms with Crippen LogP contribution in [0.5, 0.6) is 0 Å². The van der Waals surface area contributed by atoms with Gasteiger partial charge in [0.05, 0.1) is 42.2 Å². The smallest absolute Gasteiger partial charge is 0.337 e. The molecule has 0 radical (unpaired) electrons. The Labute approximate surface area is 127 Å². The molecule has 6 heteroatoms. The van der Waals surface area contributed by atoms with E-state index in [1.165, 1.54) is 7.11 Å². The predicted molar refractivity (Wildman–Crippen MR) is 79.6 cm³/mol. The Morgan fingerprint density at radius 3 is 3.10 bits per heavy atom. The summed E-state index contributed by atoms with van der Waals surface area (Å²) in [7, 11) is 1.37. The highest BCUT2D eigenvalue weighted by atomic mass is 35.5. The third kappa shape index (κ3) is 2.76. The number of methoxy groups -OCH3 is 1. The SMILES string of the molecule is COC(=O)c1ccc2c(c1)nc(CCl)n2C[C@@H]1CCCO1. The van der Waals surface area contributed by atoms with E-state index < -0.39 is 0 Å². The second-order valence-electron chi connectivity index (χ2n) is 5.10. The molecule has 0 unspecified atom stereocenters. The first-order valence-electron chi connectivity index (χ1n) is 6.98. The molecule has 0 spiro atoms. The van der Waals surface area contributed by atoms with Gasteiger partial charge in [0.1, 0.15) is 5.82 Å². The van der Waals surface area contributed by atoms with E-state index in [0.29, 0.717) is 11.4 Å². The van der Waals surface area contributed by atoms with Gasteiger partial charge in [-0.05, 0) is 31.0 Å².